The zero-order valence-electron chi connectivity index (χ0n) is 27.4. The second kappa shape index (κ2) is 20.6. The molecule has 16 heteroatoms. The van der Waals surface area contributed by atoms with Crippen LogP contribution in [0, 0.1) is 0 Å². The molecule has 3 rings (SSSR count). The van der Waals surface area contributed by atoms with Crippen molar-refractivity contribution in [2.75, 3.05) is 44.5 Å². The Hall–Kier alpha value is -5.71. The molecule has 0 aromatic heterocycles. The summed E-state index contributed by atoms with van der Waals surface area (Å²) in [7, 11) is 2.63. The van der Waals surface area contributed by atoms with Gasteiger partial charge in [-0.05, 0) is 60.5 Å². The molecule has 0 saturated heterocycles. The van der Waals surface area contributed by atoms with E-state index in [1.54, 1.807) is 0 Å². The number of methoxy groups -OCH3 is 2. The fraction of sp³-hybridized carbons (Fsp3) is 0.324. The van der Waals surface area contributed by atoms with Crippen LogP contribution >= 0.6 is 0 Å². The maximum absolute atomic E-state index is 11.5. The minimum Gasteiger partial charge on any atom is -0.491 e. The van der Waals surface area contributed by atoms with E-state index in [-0.39, 0.29) is 12.5 Å². The van der Waals surface area contributed by atoms with Gasteiger partial charge in [0.25, 0.3) is 0 Å². The van der Waals surface area contributed by atoms with Gasteiger partial charge in [-0.2, -0.15) is 0 Å². The minimum atomic E-state index is -2.74. The SMILES string of the molecule is COC(=O)Nc1ccc(C(CCNC[C@H](O)COc2ccccc2)c2ccc(NC(=O)OC)cc2)cc1.O=C(O)CC(O)(CC(=O)O)C(=O)O. The number of para-hydroxylation sites is 1. The highest BCUT2D eigenvalue weighted by Crippen LogP contribution is 2.30. The Kier molecular flexibility index (Phi) is 16.7. The zero-order chi connectivity index (χ0) is 37.1. The van der Waals surface area contributed by atoms with Gasteiger partial charge >= 0.3 is 30.1 Å². The molecule has 16 nitrogen and oxygen atoms in total. The smallest absolute Gasteiger partial charge is 0.411 e. The highest BCUT2D eigenvalue weighted by atomic mass is 16.5. The lowest BCUT2D eigenvalue weighted by Gasteiger charge is -2.20. The Labute approximate surface area is 287 Å². The first-order valence-corrected chi connectivity index (χ1v) is 15.1. The summed E-state index contributed by atoms with van der Waals surface area (Å²) in [6.45, 7) is 1.24. The quantitative estimate of drug-likeness (QED) is 0.0942. The second-order valence-electron chi connectivity index (χ2n) is 10.8. The van der Waals surface area contributed by atoms with E-state index in [1.165, 1.54) is 14.2 Å². The lowest BCUT2D eigenvalue weighted by Crippen LogP contribution is -2.42. The monoisotopic (exact) mass is 699 g/mol. The van der Waals surface area contributed by atoms with Gasteiger partial charge in [-0.1, -0.05) is 42.5 Å². The minimum absolute atomic E-state index is 0.0320. The number of hydrogen-bond acceptors (Lipinski definition) is 11. The van der Waals surface area contributed by atoms with Gasteiger partial charge in [0.2, 0.25) is 0 Å². The number of aliphatic hydroxyl groups is 2. The molecule has 3 aromatic carbocycles. The summed E-state index contributed by atoms with van der Waals surface area (Å²) in [5, 5.41) is 52.7. The lowest BCUT2D eigenvalue weighted by molar-refractivity contribution is -0.170. The number of benzene rings is 3. The number of aliphatic carboxylic acids is 3. The van der Waals surface area contributed by atoms with Crippen LogP contribution in [0.1, 0.15) is 36.3 Å². The number of carbonyl (C=O) groups is 5. The van der Waals surface area contributed by atoms with Crippen molar-refractivity contribution in [1.82, 2.24) is 5.32 Å². The van der Waals surface area contributed by atoms with Crippen molar-refractivity contribution in [3.8, 4) is 5.75 Å². The summed E-state index contributed by atoms with van der Waals surface area (Å²) in [6.07, 6.45) is -3.25. The number of carboxylic acid groups (broad SMARTS) is 3. The first-order chi connectivity index (χ1) is 23.8. The number of carboxylic acids is 3. The van der Waals surface area contributed by atoms with E-state index in [4.69, 9.17) is 25.2 Å². The number of aliphatic hydroxyl groups excluding tert-OH is 1. The molecule has 0 unspecified atom stereocenters. The molecule has 8 N–H and O–H groups in total. The van der Waals surface area contributed by atoms with Gasteiger partial charge in [-0.3, -0.25) is 20.2 Å². The molecule has 0 radical (unpaired) electrons. The normalized spacial score (nSPS) is 11.3. The van der Waals surface area contributed by atoms with Crippen LogP contribution < -0.4 is 20.7 Å². The first-order valence-electron chi connectivity index (χ1n) is 15.1. The molecule has 0 spiro atoms. The van der Waals surface area contributed by atoms with Crippen LogP contribution in [-0.2, 0) is 23.9 Å². The summed E-state index contributed by atoms with van der Waals surface area (Å²) in [5.74, 6) is -4.27. The Bertz CT molecular complexity index is 1460. The fourth-order valence-electron chi connectivity index (χ4n) is 4.46. The van der Waals surface area contributed by atoms with Gasteiger partial charge in [0, 0.05) is 23.8 Å². The number of amides is 2. The van der Waals surface area contributed by atoms with Crippen molar-refractivity contribution in [3.63, 3.8) is 0 Å². The van der Waals surface area contributed by atoms with Crippen LogP contribution in [0.3, 0.4) is 0 Å². The second-order valence-corrected chi connectivity index (χ2v) is 10.8. The van der Waals surface area contributed by atoms with Crippen molar-refractivity contribution in [2.24, 2.45) is 0 Å². The molecular formula is C34H41N3O13. The molecule has 0 saturated carbocycles. The highest BCUT2D eigenvalue weighted by molar-refractivity contribution is 5.88. The molecule has 0 heterocycles. The summed E-state index contributed by atoms with van der Waals surface area (Å²) in [5.41, 5.74) is 0.633. The Morgan fingerprint density at radius 2 is 1.18 bits per heavy atom. The molecule has 0 aliphatic heterocycles. The summed E-state index contributed by atoms with van der Waals surface area (Å²) >= 11 is 0. The molecule has 270 valence electrons. The Morgan fingerprint density at radius 1 is 0.720 bits per heavy atom. The van der Waals surface area contributed by atoms with Gasteiger partial charge in [-0.25, -0.2) is 14.4 Å². The van der Waals surface area contributed by atoms with E-state index < -0.39 is 54.6 Å². The third-order valence-corrected chi connectivity index (χ3v) is 6.95. The number of nitrogens with one attached hydrogen (secondary N) is 3. The van der Waals surface area contributed by atoms with E-state index in [2.05, 4.69) is 25.4 Å². The third-order valence-electron chi connectivity index (χ3n) is 6.95. The topological polar surface area (TPSA) is 250 Å². The van der Waals surface area contributed by atoms with Gasteiger partial charge in [0.15, 0.2) is 5.60 Å². The van der Waals surface area contributed by atoms with Gasteiger partial charge in [-0.15, -0.1) is 0 Å². The van der Waals surface area contributed by atoms with Crippen LogP contribution in [0.5, 0.6) is 5.75 Å². The first kappa shape index (κ1) is 40.5. The number of hydrogen-bond donors (Lipinski definition) is 8. The predicted octanol–water partition coefficient (Wildman–Crippen LogP) is 3.35. The maximum Gasteiger partial charge on any atom is 0.411 e. The van der Waals surface area contributed by atoms with E-state index in [0.29, 0.717) is 24.5 Å². The van der Waals surface area contributed by atoms with E-state index in [0.717, 1.165) is 23.3 Å². The number of ether oxygens (including phenoxy) is 3. The molecule has 0 aliphatic carbocycles. The van der Waals surface area contributed by atoms with Crippen LogP contribution in [0.15, 0.2) is 78.9 Å². The summed E-state index contributed by atoms with van der Waals surface area (Å²) < 4.78 is 14.9. The molecule has 0 bridgehead atoms. The van der Waals surface area contributed by atoms with E-state index >= 15 is 0 Å². The Balaban J connectivity index is 0.000000565. The highest BCUT2D eigenvalue weighted by Gasteiger charge is 2.40. The van der Waals surface area contributed by atoms with Gasteiger partial charge in [0.05, 0.1) is 27.1 Å². The van der Waals surface area contributed by atoms with Crippen molar-refractivity contribution in [3.05, 3.63) is 90.0 Å². The van der Waals surface area contributed by atoms with E-state index in [1.807, 2.05) is 78.9 Å². The number of anilines is 2. The lowest BCUT2D eigenvalue weighted by atomic mass is 9.88. The largest absolute Gasteiger partial charge is 0.491 e. The molecule has 3 aromatic rings. The average Bonchev–Trinajstić information content (AvgIpc) is 3.08. The predicted molar refractivity (Wildman–Crippen MR) is 179 cm³/mol. The molecule has 50 heavy (non-hydrogen) atoms. The Morgan fingerprint density at radius 3 is 1.58 bits per heavy atom. The molecular weight excluding hydrogens is 658 g/mol. The van der Waals surface area contributed by atoms with Crippen LogP contribution in [0.25, 0.3) is 0 Å². The zero-order valence-corrected chi connectivity index (χ0v) is 27.4. The third kappa shape index (κ3) is 14.6. The van der Waals surface area contributed by atoms with Crippen molar-refractivity contribution < 1.29 is 63.7 Å². The van der Waals surface area contributed by atoms with Crippen LogP contribution in [-0.4, -0.2) is 101 Å². The van der Waals surface area contributed by atoms with E-state index in [9.17, 15) is 29.1 Å². The van der Waals surface area contributed by atoms with Gasteiger partial charge in [0.1, 0.15) is 18.5 Å². The number of rotatable bonds is 17. The summed E-state index contributed by atoms with van der Waals surface area (Å²) in [6, 6.07) is 24.5. The van der Waals surface area contributed by atoms with Crippen LogP contribution in [0.4, 0.5) is 21.0 Å². The average molecular weight is 700 g/mol. The molecule has 1 atom stereocenters. The van der Waals surface area contributed by atoms with Gasteiger partial charge < -0.3 is 45.1 Å². The maximum atomic E-state index is 11.5. The molecule has 0 aliphatic rings. The molecule has 0 fully saturated rings. The summed E-state index contributed by atoms with van der Waals surface area (Å²) in [4.78, 5) is 53.5. The standard InChI is InChI=1S/C28H33N3O6.C6H8O7/c1-35-27(33)30-22-12-8-20(9-13-22)26(21-10-14-23(15-11-21)31-28(34)36-2)16-17-29-18-24(32)19-37-25-6-4-3-5-7-25;7-3(8)1-6(13,5(11)12)2-4(9)10/h3-15,24,26,29,32H,16-19H2,1-2H3,(H,30,33)(H,31,34);13H,1-2H2,(H,7,8)(H,9,10)(H,11,12)/t24-;/m0./s1. The molecule has 2 amide bonds. The number of carbonyl (C=O) groups excluding carboxylic acids is 2. The van der Waals surface area contributed by atoms with Crippen molar-refractivity contribution in [2.45, 2.75) is 36.9 Å². The van der Waals surface area contributed by atoms with Crippen LogP contribution in [0.2, 0.25) is 0 Å². The fourth-order valence-corrected chi connectivity index (χ4v) is 4.46. The van der Waals surface area contributed by atoms with Crippen molar-refractivity contribution >= 4 is 41.5 Å². The van der Waals surface area contributed by atoms with Crippen molar-refractivity contribution in [1.29, 1.82) is 0 Å².